The SMILES string of the molecule is CNCc1sc(C2CCOCC2)nc1COC. The van der Waals surface area contributed by atoms with E-state index >= 15 is 0 Å². The first kappa shape index (κ1) is 13.0. The van der Waals surface area contributed by atoms with Crippen LogP contribution in [0.25, 0.3) is 0 Å². The van der Waals surface area contributed by atoms with Crippen LogP contribution in [-0.4, -0.2) is 32.4 Å². The van der Waals surface area contributed by atoms with Crippen LogP contribution in [0.2, 0.25) is 0 Å². The van der Waals surface area contributed by atoms with Crippen LogP contribution in [0.5, 0.6) is 0 Å². The molecular weight excluding hydrogens is 236 g/mol. The van der Waals surface area contributed by atoms with Crippen molar-refractivity contribution in [3.05, 3.63) is 15.6 Å². The van der Waals surface area contributed by atoms with Crippen molar-refractivity contribution in [3.8, 4) is 0 Å². The normalized spacial score (nSPS) is 17.5. The number of hydrogen-bond donors (Lipinski definition) is 1. The molecule has 0 bridgehead atoms. The van der Waals surface area contributed by atoms with Crippen LogP contribution < -0.4 is 5.32 Å². The van der Waals surface area contributed by atoms with Crippen molar-refractivity contribution >= 4 is 11.3 Å². The van der Waals surface area contributed by atoms with E-state index in [-0.39, 0.29) is 0 Å². The first-order valence-corrected chi connectivity index (χ1v) is 6.86. The molecule has 0 atom stereocenters. The molecule has 1 fully saturated rings. The van der Waals surface area contributed by atoms with Crippen LogP contribution in [-0.2, 0) is 22.6 Å². The van der Waals surface area contributed by atoms with E-state index in [0.29, 0.717) is 12.5 Å². The highest BCUT2D eigenvalue weighted by molar-refractivity contribution is 7.11. The third-order valence-electron chi connectivity index (χ3n) is 2.98. The van der Waals surface area contributed by atoms with Gasteiger partial charge in [0.1, 0.15) is 0 Å². The van der Waals surface area contributed by atoms with E-state index in [1.54, 1.807) is 7.11 Å². The van der Waals surface area contributed by atoms with Crippen molar-refractivity contribution in [2.45, 2.75) is 31.9 Å². The lowest BCUT2D eigenvalue weighted by Gasteiger charge is -2.19. The lowest BCUT2D eigenvalue weighted by Crippen LogP contribution is -2.13. The molecule has 1 aliphatic heterocycles. The third kappa shape index (κ3) is 3.25. The molecule has 2 rings (SSSR count). The van der Waals surface area contributed by atoms with Crippen LogP contribution in [0, 0.1) is 0 Å². The molecule has 1 aromatic heterocycles. The first-order valence-electron chi connectivity index (χ1n) is 6.05. The Hall–Kier alpha value is -0.490. The van der Waals surface area contributed by atoms with E-state index in [1.807, 2.05) is 18.4 Å². The minimum atomic E-state index is 0.579. The molecule has 96 valence electrons. The third-order valence-corrected chi connectivity index (χ3v) is 4.24. The molecule has 0 saturated carbocycles. The van der Waals surface area contributed by atoms with Gasteiger partial charge in [-0.25, -0.2) is 4.98 Å². The second-order valence-electron chi connectivity index (χ2n) is 4.27. The van der Waals surface area contributed by atoms with Gasteiger partial charge in [0.25, 0.3) is 0 Å². The highest BCUT2D eigenvalue weighted by atomic mass is 32.1. The molecule has 1 aliphatic rings. The Bertz CT molecular complexity index is 325. The molecule has 0 aromatic carbocycles. The Morgan fingerprint density at radius 3 is 2.88 bits per heavy atom. The summed E-state index contributed by atoms with van der Waals surface area (Å²) in [5.74, 6) is 0.579. The lowest BCUT2D eigenvalue weighted by molar-refractivity contribution is 0.0851. The standard InChI is InChI=1S/C12H20N2O2S/c1-13-7-11-10(8-15-2)14-12(17-11)9-3-5-16-6-4-9/h9,13H,3-8H2,1-2H3. The number of ether oxygens (including phenoxy) is 2. The van der Waals surface area contributed by atoms with Gasteiger partial charge in [-0.05, 0) is 19.9 Å². The number of hydrogen-bond acceptors (Lipinski definition) is 5. The van der Waals surface area contributed by atoms with Gasteiger partial charge in [-0.1, -0.05) is 0 Å². The number of rotatable bonds is 5. The fraction of sp³-hybridized carbons (Fsp3) is 0.750. The zero-order valence-electron chi connectivity index (χ0n) is 10.5. The monoisotopic (exact) mass is 256 g/mol. The fourth-order valence-corrected chi connectivity index (χ4v) is 3.32. The minimum Gasteiger partial charge on any atom is -0.381 e. The summed E-state index contributed by atoms with van der Waals surface area (Å²) in [4.78, 5) is 6.04. The van der Waals surface area contributed by atoms with Crippen LogP contribution in [0.3, 0.4) is 0 Å². The average Bonchev–Trinajstić information content (AvgIpc) is 2.75. The Balaban J connectivity index is 2.13. The number of nitrogens with zero attached hydrogens (tertiary/aromatic N) is 1. The average molecular weight is 256 g/mol. The van der Waals surface area contributed by atoms with Gasteiger partial charge in [-0.15, -0.1) is 11.3 Å². The maximum Gasteiger partial charge on any atom is 0.0965 e. The van der Waals surface area contributed by atoms with Crippen molar-refractivity contribution in [2.24, 2.45) is 0 Å². The predicted octanol–water partition coefficient (Wildman–Crippen LogP) is 1.90. The number of aromatic nitrogens is 1. The summed E-state index contributed by atoms with van der Waals surface area (Å²) in [7, 11) is 3.68. The summed E-state index contributed by atoms with van der Waals surface area (Å²) >= 11 is 1.82. The molecule has 4 nitrogen and oxygen atoms in total. The first-order chi connectivity index (χ1) is 8.35. The van der Waals surface area contributed by atoms with Crippen LogP contribution in [0.4, 0.5) is 0 Å². The van der Waals surface area contributed by atoms with Gasteiger partial charge in [0.2, 0.25) is 0 Å². The van der Waals surface area contributed by atoms with Gasteiger partial charge >= 0.3 is 0 Å². The largest absolute Gasteiger partial charge is 0.381 e. The van der Waals surface area contributed by atoms with E-state index in [0.717, 1.165) is 38.3 Å². The Morgan fingerprint density at radius 2 is 2.24 bits per heavy atom. The summed E-state index contributed by atoms with van der Waals surface area (Å²) in [6.07, 6.45) is 2.19. The molecule has 17 heavy (non-hydrogen) atoms. The van der Waals surface area contributed by atoms with Crippen molar-refractivity contribution in [1.29, 1.82) is 0 Å². The Labute approximate surface area is 106 Å². The second-order valence-corrected chi connectivity index (χ2v) is 5.39. The van der Waals surface area contributed by atoms with Crippen molar-refractivity contribution in [2.75, 3.05) is 27.4 Å². The molecule has 0 spiro atoms. The lowest BCUT2D eigenvalue weighted by atomic mass is 10.0. The van der Waals surface area contributed by atoms with Crippen molar-refractivity contribution < 1.29 is 9.47 Å². The summed E-state index contributed by atoms with van der Waals surface area (Å²) in [5.41, 5.74) is 1.09. The summed E-state index contributed by atoms with van der Waals surface area (Å²) in [5, 5.41) is 4.44. The molecule has 0 aliphatic carbocycles. The summed E-state index contributed by atoms with van der Waals surface area (Å²) < 4.78 is 10.6. The second kappa shape index (κ2) is 6.44. The van der Waals surface area contributed by atoms with Gasteiger partial charge in [-0.2, -0.15) is 0 Å². The van der Waals surface area contributed by atoms with Crippen LogP contribution in [0.15, 0.2) is 0 Å². The molecule has 1 aromatic rings. The predicted molar refractivity (Wildman–Crippen MR) is 68.4 cm³/mol. The zero-order chi connectivity index (χ0) is 12.1. The molecule has 1 N–H and O–H groups in total. The van der Waals surface area contributed by atoms with Gasteiger partial charge in [-0.3, -0.25) is 0 Å². The van der Waals surface area contributed by atoms with Crippen LogP contribution >= 0.6 is 11.3 Å². The van der Waals surface area contributed by atoms with Gasteiger partial charge < -0.3 is 14.8 Å². The fourth-order valence-electron chi connectivity index (χ4n) is 2.07. The number of methoxy groups -OCH3 is 1. The van der Waals surface area contributed by atoms with Crippen molar-refractivity contribution in [1.82, 2.24) is 10.3 Å². The molecular formula is C12H20N2O2S. The number of thiazole rings is 1. The summed E-state index contributed by atoms with van der Waals surface area (Å²) in [6.45, 7) is 3.22. The van der Waals surface area contributed by atoms with Gasteiger partial charge in [0.15, 0.2) is 0 Å². The zero-order valence-corrected chi connectivity index (χ0v) is 11.3. The maximum atomic E-state index is 5.39. The molecule has 0 unspecified atom stereocenters. The van der Waals surface area contributed by atoms with Gasteiger partial charge in [0, 0.05) is 37.7 Å². The highest BCUT2D eigenvalue weighted by Gasteiger charge is 2.21. The van der Waals surface area contributed by atoms with Gasteiger partial charge in [0.05, 0.1) is 17.3 Å². The molecule has 0 amide bonds. The molecule has 0 radical (unpaired) electrons. The maximum absolute atomic E-state index is 5.39. The van der Waals surface area contributed by atoms with Crippen LogP contribution in [0.1, 0.15) is 34.3 Å². The summed E-state index contributed by atoms with van der Waals surface area (Å²) in [6, 6.07) is 0. The van der Waals surface area contributed by atoms with E-state index in [9.17, 15) is 0 Å². The van der Waals surface area contributed by atoms with Crippen molar-refractivity contribution in [3.63, 3.8) is 0 Å². The molecule has 5 heteroatoms. The minimum absolute atomic E-state index is 0.579. The smallest absolute Gasteiger partial charge is 0.0965 e. The molecule has 1 saturated heterocycles. The quantitative estimate of drug-likeness (QED) is 0.874. The van der Waals surface area contributed by atoms with E-state index in [2.05, 4.69) is 5.32 Å². The Kier molecular flexibility index (Phi) is 4.91. The van der Waals surface area contributed by atoms with E-state index in [1.165, 1.54) is 9.88 Å². The Morgan fingerprint density at radius 1 is 1.47 bits per heavy atom. The van der Waals surface area contributed by atoms with E-state index in [4.69, 9.17) is 14.5 Å². The highest BCUT2D eigenvalue weighted by Crippen LogP contribution is 2.32. The van der Waals surface area contributed by atoms with E-state index < -0.39 is 0 Å². The topological polar surface area (TPSA) is 43.4 Å². The molecule has 2 heterocycles. The number of nitrogens with one attached hydrogen (secondary N) is 1.